The van der Waals surface area contributed by atoms with Gasteiger partial charge in [-0.1, -0.05) is 45.3 Å². The summed E-state index contributed by atoms with van der Waals surface area (Å²) >= 11 is 0. The van der Waals surface area contributed by atoms with E-state index in [-0.39, 0.29) is 0 Å². The van der Waals surface area contributed by atoms with E-state index in [1.807, 2.05) is 0 Å². The van der Waals surface area contributed by atoms with Gasteiger partial charge in [0.1, 0.15) is 0 Å². The highest BCUT2D eigenvalue weighted by molar-refractivity contribution is 5.18. The Balaban J connectivity index is 1.45. The van der Waals surface area contributed by atoms with Crippen molar-refractivity contribution in [2.45, 2.75) is 71.6 Å². The van der Waals surface area contributed by atoms with Gasteiger partial charge in [0.25, 0.3) is 0 Å². The maximum Gasteiger partial charge on any atom is -0.0168 e. The van der Waals surface area contributed by atoms with Crippen LogP contribution in [0.2, 0.25) is 0 Å². The van der Waals surface area contributed by atoms with Gasteiger partial charge in [-0.2, -0.15) is 0 Å². The first-order valence-electron chi connectivity index (χ1n) is 11.0. The number of unbranched alkanes of at least 4 members (excludes halogenated alkanes) is 1. The number of hydrogen-bond donors (Lipinski definition) is 0. The van der Waals surface area contributed by atoms with Crippen molar-refractivity contribution in [1.82, 2.24) is 0 Å². The number of fused-ring (bicyclic) bond motifs is 7. The topological polar surface area (TPSA) is 0 Å². The summed E-state index contributed by atoms with van der Waals surface area (Å²) in [6.07, 6.45) is 18.9. The molecule has 0 aliphatic heterocycles. The van der Waals surface area contributed by atoms with Gasteiger partial charge in [-0.05, 0) is 97.7 Å². The van der Waals surface area contributed by atoms with Crippen molar-refractivity contribution in [2.24, 2.45) is 59.2 Å². The second kappa shape index (κ2) is 5.63. The molecule has 0 radical (unpaired) electrons. The lowest BCUT2D eigenvalue weighted by Crippen LogP contribution is -2.41. The average Bonchev–Trinajstić information content (AvgIpc) is 3.35. The van der Waals surface area contributed by atoms with Gasteiger partial charge in [0.05, 0.1) is 0 Å². The molecule has 5 aliphatic rings. The summed E-state index contributed by atoms with van der Waals surface area (Å²) in [6.45, 7) is 4.90. The average molecular weight is 313 g/mol. The summed E-state index contributed by atoms with van der Waals surface area (Å²) in [5, 5.41) is 0. The van der Waals surface area contributed by atoms with Gasteiger partial charge in [-0.3, -0.25) is 0 Å². The normalized spacial score (nSPS) is 55.9. The minimum absolute atomic E-state index is 0.997. The van der Waals surface area contributed by atoms with Crippen molar-refractivity contribution in [3.63, 3.8) is 0 Å². The van der Waals surface area contributed by atoms with E-state index in [9.17, 15) is 0 Å². The van der Waals surface area contributed by atoms with Crippen LogP contribution < -0.4 is 0 Å². The van der Waals surface area contributed by atoms with Gasteiger partial charge >= 0.3 is 0 Å². The molecule has 0 heterocycles. The van der Waals surface area contributed by atoms with E-state index in [2.05, 4.69) is 26.0 Å². The highest BCUT2D eigenvalue weighted by Gasteiger charge is 2.62. The molecule has 4 saturated carbocycles. The van der Waals surface area contributed by atoms with E-state index in [1.54, 1.807) is 32.1 Å². The molecule has 0 aromatic heterocycles. The Labute approximate surface area is 143 Å². The van der Waals surface area contributed by atoms with Gasteiger partial charge in [0, 0.05) is 0 Å². The molecule has 128 valence electrons. The lowest BCUT2D eigenvalue weighted by atomic mass is 9.58. The minimum Gasteiger partial charge on any atom is -0.0879 e. The van der Waals surface area contributed by atoms with Crippen LogP contribution in [0.15, 0.2) is 12.2 Å². The SMILES string of the molecule is CCCCC1C2CC(C3CC=CC23)C1C1C2CCC(C2)C1CC. The molecule has 23 heavy (non-hydrogen) atoms. The predicted octanol–water partition coefficient (Wildman–Crippen LogP) is 6.32. The van der Waals surface area contributed by atoms with E-state index in [4.69, 9.17) is 0 Å². The molecule has 10 atom stereocenters. The van der Waals surface area contributed by atoms with E-state index in [0.717, 1.165) is 59.2 Å². The third-order valence-corrected chi connectivity index (χ3v) is 9.35. The molecule has 10 unspecified atom stereocenters. The molecule has 4 bridgehead atoms. The van der Waals surface area contributed by atoms with Crippen LogP contribution >= 0.6 is 0 Å². The van der Waals surface area contributed by atoms with Gasteiger partial charge in [0.15, 0.2) is 0 Å². The number of allylic oxidation sites excluding steroid dienone is 2. The predicted molar refractivity (Wildman–Crippen MR) is 96.9 cm³/mol. The van der Waals surface area contributed by atoms with Gasteiger partial charge < -0.3 is 0 Å². The fourth-order valence-corrected chi connectivity index (χ4v) is 8.84. The van der Waals surface area contributed by atoms with E-state index in [1.165, 1.54) is 25.7 Å². The van der Waals surface area contributed by atoms with E-state index < -0.39 is 0 Å². The van der Waals surface area contributed by atoms with Gasteiger partial charge in [-0.15, -0.1) is 0 Å². The molecular formula is C23H36. The number of hydrogen-bond acceptors (Lipinski definition) is 0. The van der Waals surface area contributed by atoms with Crippen LogP contribution in [0.25, 0.3) is 0 Å². The first-order valence-corrected chi connectivity index (χ1v) is 11.0. The molecule has 0 N–H and O–H groups in total. The Bertz CT molecular complexity index is 476. The van der Waals surface area contributed by atoms with Crippen LogP contribution in [-0.2, 0) is 0 Å². The maximum atomic E-state index is 2.64. The molecule has 0 aromatic carbocycles. The second-order valence-electron chi connectivity index (χ2n) is 9.83. The van der Waals surface area contributed by atoms with Gasteiger partial charge in [-0.25, -0.2) is 0 Å². The number of rotatable bonds is 5. The third-order valence-electron chi connectivity index (χ3n) is 9.35. The van der Waals surface area contributed by atoms with Crippen molar-refractivity contribution in [3.05, 3.63) is 12.2 Å². The third kappa shape index (κ3) is 2.02. The Morgan fingerprint density at radius 2 is 1.74 bits per heavy atom. The fraction of sp³-hybridized carbons (Fsp3) is 0.913. The molecular weight excluding hydrogens is 276 g/mol. The second-order valence-corrected chi connectivity index (χ2v) is 9.83. The van der Waals surface area contributed by atoms with Crippen LogP contribution in [0.4, 0.5) is 0 Å². The van der Waals surface area contributed by atoms with Crippen molar-refractivity contribution >= 4 is 0 Å². The first-order chi connectivity index (χ1) is 11.3. The lowest BCUT2D eigenvalue weighted by molar-refractivity contribution is 0.0209. The smallest absolute Gasteiger partial charge is 0.0168 e. The summed E-state index contributed by atoms with van der Waals surface area (Å²) in [5.74, 6) is 11.0. The van der Waals surface area contributed by atoms with E-state index in [0.29, 0.717) is 0 Å². The molecule has 0 aromatic rings. The van der Waals surface area contributed by atoms with Crippen molar-refractivity contribution in [1.29, 1.82) is 0 Å². The maximum absolute atomic E-state index is 2.64. The van der Waals surface area contributed by atoms with Crippen molar-refractivity contribution < 1.29 is 0 Å². The highest BCUT2D eigenvalue weighted by Crippen LogP contribution is 2.69. The molecule has 0 amide bonds. The van der Waals surface area contributed by atoms with Crippen LogP contribution in [-0.4, -0.2) is 0 Å². The highest BCUT2D eigenvalue weighted by atomic mass is 14.7. The van der Waals surface area contributed by atoms with Crippen LogP contribution in [0, 0.1) is 59.2 Å². The Hall–Kier alpha value is -0.260. The molecule has 0 heteroatoms. The molecule has 5 rings (SSSR count). The molecule has 0 saturated heterocycles. The molecule has 0 spiro atoms. The standard InChI is InChI=1S/C23H36/c1-3-5-7-19-20-13-21(18-9-6-8-17(18)20)23(19)22-15-11-10-14(12-15)16(22)4-2/h6,8,14-23H,3-5,7,9-13H2,1-2H3. The van der Waals surface area contributed by atoms with Crippen molar-refractivity contribution in [3.8, 4) is 0 Å². The molecule has 5 aliphatic carbocycles. The molecule has 0 nitrogen and oxygen atoms in total. The van der Waals surface area contributed by atoms with Gasteiger partial charge in [0.2, 0.25) is 0 Å². The van der Waals surface area contributed by atoms with Crippen LogP contribution in [0.5, 0.6) is 0 Å². The minimum atomic E-state index is 0.997. The largest absolute Gasteiger partial charge is 0.0879 e. The first kappa shape index (κ1) is 15.0. The summed E-state index contributed by atoms with van der Waals surface area (Å²) in [6, 6.07) is 0. The quantitative estimate of drug-likeness (QED) is 0.521. The van der Waals surface area contributed by atoms with Crippen LogP contribution in [0.3, 0.4) is 0 Å². The Morgan fingerprint density at radius 3 is 2.57 bits per heavy atom. The van der Waals surface area contributed by atoms with Crippen molar-refractivity contribution in [2.75, 3.05) is 0 Å². The summed E-state index contributed by atoms with van der Waals surface area (Å²) in [7, 11) is 0. The monoisotopic (exact) mass is 312 g/mol. The lowest BCUT2D eigenvalue weighted by Gasteiger charge is -2.46. The zero-order valence-electron chi connectivity index (χ0n) is 15.3. The Morgan fingerprint density at radius 1 is 0.870 bits per heavy atom. The zero-order valence-corrected chi connectivity index (χ0v) is 15.3. The summed E-state index contributed by atoms with van der Waals surface area (Å²) < 4.78 is 0. The fourth-order valence-electron chi connectivity index (χ4n) is 8.84. The van der Waals surface area contributed by atoms with E-state index >= 15 is 0 Å². The van der Waals surface area contributed by atoms with Crippen LogP contribution in [0.1, 0.15) is 71.6 Å². The Kier molecular flexibility index (Phi) is 3.68. The summed E-state index contributed by atoms with van der Waals surface area (Å²) in [5.41, 5.74) is 0. The summed E-state index contributed by atoms with van der Waals surface area (Å²) in [4.78, 5) is 0. The molecule has 4 fully saturated rings. The zero-order chi connectivity index (χ0) is 15.6.